The van der Waals surface area contributed by atoms with Gasteiger partial charge in [0, 0.05) is 6.04 Å². The molecule has 1 rings (SSSR count). The fraction of sp³-hybridized carbons (Fsp3) is 0.538. The lowest BCUT2D eigenvalue weighted by molar-refractivity contribution is 0.227. The predicted octanol–water partition coefficient (Wildman–Crippen LogP) is 1.43. The minimum Gasteiger partial charge on any atom is -0.395 e. The normalized spacial score (nSPS) is 13.8. The third-order valence-electron chi connectivity index (χ3n) is 2.77. The van der Waals surface area contributed by atoms with Crippen molar-refractivity contribution in [3.63, 3.8) is 0 Å². The van der Waals surface area contributed by atoms with E-state index >= 15 is 0 Å². The van der Waals surface area contributed by atoms with Gasteiger partial charge in [-0.15, -0.1) is 0 Å². The number of aliphatic hydroxyl groups is 1. The van der Waals surface area contributed by atoms with Gasteiger partial charge < -0.3 is 5.11 Å². The topological polar surface area (TPSA) is 66.4 Å². The van der Waals surface area contributed by atoms with Gasteiger partial charge in [0.05, 0.1) is 12.4 Å². The molecule has 0 amide bonds. The van der Waals surface area contributed by atoms with Crippen molar-refractivity contribution in [3.05, 3.63) is 35.4 Å². The molecule has 0 saturated carbocycles. The van der Waals surface area contributed by atoms with Gasteiger partial charge in [0.1, 0.15) is 0 Å². The average Bonchev–Trinajstić information content (AvgIpc) is 2.25. The summed E-state index contributed by atoms with van der Waals surface area (Å²) in [6.07, 6.45) is 0. The van der Waals surface area contributed by atoms with Crippen molar-refractivity contribution >= 4 is 10.0 Å². The Bertz CT molecular complexity index is 483. The standard InChI is InChI=1S/C13H21NO3S/c1-10(2)13(8-15)14-18(16,17)9-12-6-4-5-11(3)7-12/h4-7,10,13-15H,8-9H2,1-3H3/t13-/m1/s1. The molecular weight excluding hydrogens is 250 g/mol. The van der Waals surface area contributed by atoms with Crippen LogP contribution in [-0.2, 0) is 15.8 Å². The van der Waals surface area contributed by atoms with Gasteiger partial charge in [-0.1, -0.05) is 43.7 Å². The summed E-state index contributed by atoms with van der Waals surface area (Å²) in [5.74, 6) is 0.0000319. The van der Waals surface area contributed by atoms with Gasteiger partial charge in [-0.25, -0.2) is 13.1 Å². The molecule has 0 aliphatic rings. The number of aliphatic hydroxyl groups excluding tert-OH is 1. The molecule has 18 heavy (non-hydrogen) atoms. The summed E-state index contributed by atoms with van der Waals surface area (Å²) < 4.78 is 26.5. The minimum absolute atomic E-state index is 0.0576. The van der Waals surface area contributed by atoms with E-state index in [2.05, 4.69) is 4.72 Å². The molecule has 0 radical (unpaired) electrons. The first kappa shape index (κ1) is 15.1. The smallest absolute Gasteiger partial charge is 0.216 e. The highest BCUT2D eigenvalue weighted by molar-refractivity contribution is 7.88. The van der Waals surface area contributed by atoms with Gasteiger partial charge >= 0.3 is 0 Å². The van der Waals surface area contributed by atoms with E-state index in [4.69, 9.17) is 5.11 Å². The van der Waals surface area contributed by atoms with Crippen molar-refractivity contribution in [1.82, 2.24) is 4.72 Å². The lowest BCUT2D eigenvalue weighted by atomic mass is 10.1. The van der Waals surface area contributed by atoms with E-state index in [0.717, 1.165) is 11.1 Å². The molecule has 2 N–H and O–H groups in total. The number of sulfonamides is 1. The van der Waals surface area contributed by atoms with Crippen molar-refractivity contribution in [3.8, 4) is 0 Å². The van der Waals surface area contributed by atoms with E-state index in [1.807, 2.05) is 39.0 Å². The maximum Gasteiger partial charge on any atom is 0.216 e. The summed E-state index contributed by atoms with van der Waals surface area (Å²) >= 11 is 0. The maximum absolute atomic E-state index is 12.0. The Kier molecular flexibility index (Phi) is 5.31. The zero-order valence-corrected chi connectivity index (χ0v) is 11.9. The Hall–Kier alpha value is -0.910. The Morgan fingerprint density at radius 3 is 2.50 bits per heavy atom. The van der Waals surface area contributed by atoms with Crippen LogP contribution in [0.15, 0.2) is 24.3 Å². The van der Waals surface area contributed by atoms with E-state index in [1.165, 1.54) is 0 Å². The molecule has 0 fully saturated rings. The van der Waals surface area contributed by atoms with Gasteiger partial charge in [0.2, 0.25) is 10.0 Å². The van der Waals surface area contributed by atoms with Crippen molar-refractivity contribution in [2.24, 2.45) is 5.92 Å². The molecule has 5 heteroatoms. The first-order valence-electron chi connectivity index (χ1n) is 6.00. The molecule has 1 aromatic rings. The highest BCUT2D eigenvalue weighted by Crippen LogP contribution is 2.10. The molecule has 0 aliphatic heterocycles. The second-order valence-corrected chi connectivity index (χ2v) is 6.65. The van der Waals surface area contributed by atoms with Crippen LogP contribution in [-0.4, -0.2) is 26.2 Å². The monoisotopic (exact) mass is 271 g/mol. The Morgan fingerprint density at radius 1 is 1.33 bits per heavy atom. The largest absolute Gasteiger partial charge is 0.395 e. The molecule has 0 aromatic heterocycles. The maximum atomic E-state index is 12.0. The number of hydrogen-bond acceptors (Lipinski definition) is 3. The van der Waals surface area contributed by atoms with Crippen molar-refractivity contribution < 1.29 is 13.5 Å². The Labute approximate surface area is 109 Å². The van der Waals surface area contributed by atoms with Crippen molar-refractivity contribution in [2.45, 2.75) is 32.6 Å². The molecule has 0 unspecified atom stereocenters. The quantitative estimate of drug-likeness (QED) is 0.822. The van der Waals surface area contributed by atoms with Crippen LogP contribution in [0.1, 0.15) is 25.0 Å². The van der Waals surface area contributed by atoms with Crippen molar-refractivity contribution in [1.29, 1.82) is 0 Å². The van der Waals surface area contributed by atoms with E-state index < -0.39 is 16.1 Å². The molecule has 4 nitrogen and oxygen atoms in total. The highest BCUT2D eigenvalue weighted by atomic mass is 32.2. The predicted molar refractivity (Wildman–Crippen MR) is 72.7 cm³/mol. The number of nitrogens with one attached hydrogen (secondary N) is 1. The van der Waals surface area contributed by atoms with Crippen LogP contribution in [0.25, 0.3) is 0 Å². The van der Waals surface area contributed by atoms with E-state index in [0.29, 0.717) is 0 Å². The van der Waals surface area contributed by atoms with Crippen molar-refractivity contribution in [2.75, 3.05) is 6.61 Å². The second-order valence-electron chi connectivity index (χ2n) is 4.90. The van der Waals surface area contributed by atoms with Gasteiger partial charge in [-0.2, -0.15) is 0 Å². The zero-order chi connectivity index (χ0) is 13.8. The van der Waals surface area contributed by atoms with Crippen LogP contribution < -0.4 is 4.72 Å². The lowest BCUT2D eigenvalue weighted by Gasteiger charge is -2.19. The molecule has 1 atom stereocenters. The van der Waals surface area contributed by atoms with E-state index in [1.54, 1.807) is 6.07 Å². The SMILES string of the molecule is Cc1cccc(CS(=O)(=O)N[C@H](CO)C(C)C)c1. The number of benzene rings is 1. The average molecular weight is 271 g/mol. The van der Waals surface area contributed by atoms with Crippen LogP contribution in [0.4, 0.5) is 0 Å². The molecule has 102 valence electrons. The summed E-state index contributed by atoms with van der Waals surface area (Å²) in [4.78, 5) is 0. The van der Waals surface area contributed by atoms with Gasteiger partial charge in [-0.3, -0.25) is 0 Å². The third-order valence-corrected chi connectivity index (χ3v) is 4.15. The van der Waals surface area contributed by atoms with Crippen LogP contribution in [0.2, 0.25) is 0 Å². The first-order valence-corrected chi connectivity index (χ1v) is 7.65. The summed E-state index contributed by atoms with van der Waals surface area (Å²) in [5, 5.41) is 9.14. The van der Waals surface area contributed by atoms with Gasteiger partial charge in [0.25, 0.3) is 0 Å². The zero-order valence-electron chi connectivity index (χ0n) is 11.1. The fourth-order valence-electron chi connectivity index (χ4n) is 1.68. The molecule has 0 heterocycles. The number of rotatable bonds is 6. The van der Waals surface area contributed by atoms with Crippen LogP contribution in [0.3, 0.4) is 0 Å². The highest BCUT2D eigenvalue weighted by Gasteiger charge is 2.20. The fourth-order valence-corrected chi connectivity index (χ4v) is 3.19. The van der Waals surface area contributed by atoms with E-state index in [9.17, 15) is 8.42 Å². The first-order chi connectivity index (χ1) is 8.34. The number of hydrogen-bond donors (Lipinski definition) is 2. The van der Waals surface area contributed by atoms with Crippen LogP contribution >= 0.6 is 0 Å². The number of aryl methyl sites for hydroxylation is 1. The van der Waals surface area contributed by atoms with Crippen LogP contribution in [0.5, 0.6) is 0 Å². The second kappa shape index (κ2) is 6.31. The molecule has 0 spiro atoms. The Balaban J connectivity index is 2.76. The molecule has 0 saturated heterocycles. The van der Waals surface area contributed by atoms with Gasteiger partial charge in [-0.05, 0) is 18.4 Å². The Morgan fingerprint density at radius 2 is 2.00 bits per heavy atom. The molecular formula is C13H21NO3S. The summed E-state index contributed by atoms with van der Waals surface area (Å²) in [6, 6.07) is 6.97. The molecule has 0 bridgehead atoms. The van der Waals surface area contributed by atoms with E-state index in [-0.39, 0.29) is 18.3 Å². The summed E-state index contributed by atoms with van der Waals surface area (Å²) in [6.45, 7) is 5.48. The third kappa shape index (κ3) is 4.76. The molecule has 1 aromatic carbocycles. The van der Waals surface area contributed by atoms with Crippen LogP contribution in [0, 0.1) is 12.8 Å². The lowest BCUT2D eigenvalue weighted by Crippen LogP contribution is -2.41. The minimum atomic E-state index is -3.42. The molecule has 0 aliphatic carbocycles. The summed E-state index contributed by atoms with van der Waals surface area (Å²) in [5.41, 5.74) is 1.79. The van der Waals surface area contributed by atoms with Gasteiger partial charge in [0.15, 0.2) is 0 Å². The summed E-state index contributed by atoms with van der Waals surface area (Å²) in [7, 11) is -3.42.